The number of methoxy groups -OCH3 is 2. The molecule has 1 amide bonds. The minimum atomic E-state index is -0.336. The van der Waals surface area contributed by atoms with Gasteiger partial charge >= 0.3 is 0 Å². The van der Waals surface area contributed by atoms with E-state index in [9.17, 15) is 4.79 Å². The van der Waals surface area contributed by atoms with Gasteiger partial charge in [-0.3, -0.25) is 4.79 Å². The number of hydrogen-bond donors (Lipinski definition) is 1. The molecule has 0 atom stereocenters. The highest BCUT2D eigenvalue weighted by Gasteiger charge is 2.18. The predicted molar refractivity (Wildman–Crippen MR) is 116 cm³/mol. The Labute approximate surface area is 175 Å². The number of carbonyl (C=O) groups excluding carboxylic acids is 1. The van der Waals surface area contributed by atoms with Crippen LogP contribution in [0.4, 0.5) is 11.4 Å². The fourth-order valence-electron chi connectivity index (χ4n) is 3.62. The number of amides is 1. The van der Waals surface area contributed by atoms with Crippen LogP contribution in [0.5, 0.6) is 11.5 Å². The Morgan fingerprint density at radius 1 is 1.00 bits per heavy atom. The number of piperidine rings is 1. The highest BCUT2D eigenvalue weighted by molar-refractivity contribution is 6.03. The SMILES string of the molecule is COc1ccc(OC)c(-c2cc(C(=O)Nc3ccc(N4CCCCC4)cc3)no2)c1. The van der Waals surface area contributed by atoms with Gasteiger partial charge in [0.05, 0.1) is 19.8 Å². The summed E-state index contributed by atoms with van der Waals surface area (Å²) in [5.41, 5.74) is 2.75. The van der Waals surface area contributed by atoms with Gasteiger partial charge < -0.3 is 24.2 Å². The maximum atomic E-state index is 12.6. The molecule has 0 aliphatic carbocycles. The maximum Gasteiger partial charge on any atom is 0.277 e. The van der Waals surface area contributed by atoms with Crippen LogP contribution >= 0.6 is 0 Å². The lowest BCUT2D eigenvalue weighted by atomic mass is 10.1. The first-order chi connectivity index (χ1) is 14.7. The summed E-state index contributed by atoms with van der Waals surface area (Å²) < 4.78 is 16.0. The van der Waals surface area contributed by atoms with Crippen molar-refractivity contribution in [2.75, 3.05) is 37.5 Å². The summed E-state index contributed by atoms with van der Waals surface area (Å²) in [6.07, 6.45) is 3.75. The van der Waals surface area contributed by atoms with Crippen LogP contribution in [-0.4, -0.2) is 38.4 Å². The van der Waals surface area contributed by atoms with Crippen molar-refractivity contribution in [1.82, 2.24) is 5.16 Å². The van der Waals surface area contributed by atoms with Crippen molar-refractivity contribution in [2.24, 2.45) is 0 Å². The number of ether oxygens (including phenoxy) is 2. The number of benzene rings is 2. The van der Waals surface area contributed by atoms with Crippen molar-refractivity contribution >= 4 is 17.3 Å². The topological polar surface area (TPSA) is 76.8 Å². The average molecular weight is 407 g/mol. The molecule has 1 fully saturated rings. The second-order valence-electron chi connectivity index (χ2n) is 7.19. The Hall–Kier alpha value is -3.48. The van der Waals surface area contributed by atoms with Gasteiger partial charge in [-0.05, 0) is 61.7 Å². The molecule has 7 heteroatoms. The van der Waals surface area contributed by atoms with E-state index in [0.717, 1.165) is 13.1 Å². The number of nitrogens with zero attached hydrogens (tertiary/aromatic N) is 2. The molecule has 4 rings (SSSR count). The van der Waals surface area contributed by atoms with E-state index >= 15 is 0 Å². The van der Waals surface area contributed by atoms with Crippen molar-refractivity contribution in [1.29, 1.82) is 0 Å². The van der Waals surface area contributed by atoms with Gasteiger partial charge in [-0.15, -0.1) is 0 Å². The maximum absolute atomic E-state index is 12.6. The molecule has 1 aliphatic heterocycles. The summed E-state index contributed by atoms with van der Waals surface area (Å²) in [6.45, 7) is 2.17. The van der Waals surface area contributed by atoms with Crippen LogP contribution in [0.1, 0.15) is 29.8 Å². The van der Waals surface area contributed by atoms with E-state index in [1.54, 1.807) is 38.5 Å². The molecule has 1 N–H and O–H groups in total. The van der Waals surface area contributed by atoms with E-state index in [0.29, 0.717) is 28.5 Å². The van der Waals surface area contributed by atoms with E-state index in [2.05, 4.69) is 15.4 Å². The zero-order chi connectivity index (χ0) is 20.9. The Kier molecular flexibility index (Phi) is 5.88. The molecule has 30 heavy (non-hydrogen) atoms. The second-order valence-corrected chi connectivity index (χ2v) is 7.19. The Morgan fingerprint density at radius 3 is 2.47 bits per heavy atom. The van der Waals surface area contributed by atoms with Crippen LogP contribution in [0, 0.1) is 0 Å². The number of hydrogen-bond acceptors (Lipinski definition) is 6. The third-order valence-corrected chi connectivity index (χ3v) is 5.26. The summed E-state index contributed by atoms with van der Waals surface area (Å²) in [5, 5.41) is 6.79. The van der Waals surface area contributed by atoms with Gasteiger partial charge in [-0.25, -0.2) is 0 Å². The van der Waals surface area contributed by atoms with Crippen molar-refractivity contribution in [3.05, 3.63) is 54.2 Å². The van der Waals surface area contributed by atoms with Gasteiger partial charge in [0.25, 0.3) is 5.91 Å². The van der Waals surface area contributed by atoms with Gasteiger partial charge in [0.15, 0.2) is 11.5 Å². The minimum Gasteiger partial charge on any atom is -0.497 e. The van der Waals surface area contributed by atoms with Gasteiger partial charge in [0.1, 0.15) is 11.5 Å². The lowest BCUT2D eigenvalue weighted by Crippen LogP contribution is -2.29. The van der Waals surface area contributed by atoms with Gasteiger partial charge in [0, 0.05) is 30.5 Å². The standard InChI is InChI=1S/C23H25N3O4/c1-28-18-10-11-21(29-2)19(14-18)22-15-20(25-30-22)23(27)24-16-6-8-17(9-7-16)26-12-4-3-5-13-26/h6-11,14-15H,3-5,12-13H2,1-2H3,(H,24,27). The first kappa shape index (κ1) is 19.8. The first-order valence-corrected chi connectivity index (χ1v) is 10.0. The van der Waals surface area contributed by atoms with E-state index in [-0.39, 0.29) is 11.6 Å². The fraction of sp³-hybridized carbons (Fsp3) is 0.304. The predicted octanol–water partition coefficient (Wildman–Crippen LogP) is 4.60. The van der Waals surface area contributed by atoms with Crippen LogP contribution in [-0.2, 0) is 0 Å². The lowest BCUT2D eigenvalue weighted by molar-refractivity contribution is 0.101. The van der Waals surface area contributed by atoms with Crippen LogP contribution in [0.25, 0.3) is 11.3 Å². The molecule has 0 saturated carbocycles. The summed E-state index contributed by atoms with van der Waals surface area (Å²) in [6, 6.07) is 14.8. The molecule has 156 valence electrons. The molecule has 0 radical (unpaired) electrons. The molecule has 0 bridgehead atoms. The average Bonchev–Trinajstić information content (AvgIpc) is 3.30. The molecular weight excluding hydrogens is 382 g/mol. The van der Waals surface area contributed by atoms with Crippen molar-refractivity contribution in [2.45, 2.75) is 19.3 Å². The highest BCUT2D eigenvalue weighted by atomic mass is 16.5. The molecule has 1 saturated heterocycles. The third kappa shape index (κ3) is 4.25. The van der Waals surface area contributed by atoms with E-state index in [1.165, 1.54) is 24.9 Å². The lowest BCUT2D eigenvalue weighted by Gasteiger charge is -2.28. The quantitative estimate of drug-likeness (QED) is 0.643. The van der Waals surface area contributed by atoms with Crippen molar-refractivity contribution in [3.63, 3.8) is 0 Å². The van der Waals surface area contributed by atoms with E-state index in [4.69, 9.17) is 14.0 Å². The zero-order valence-electron chi connectivity index (χ0n) is 17.2. The number of nitrogens with one attached hydrogen (secondary N) is 1. The van der Waals surface area contributed by atoms with Gasteiger partial charge in [-0.2, -0.15) is 0 Å². The third-order valence-electron chi connectivity index (χ3n) is 5.26. The normalized spacial score (nSPS) is 13.7. The van der Waals surface area contributed by atoms with Crippen molar-refractivity contribution in [3.8, 4) is 22.8 Å². The molecule has 7 nitrogen and oxygen atoms in total. The molecular formula is C23H25N3O4. The molecule has 3 aromatic rings. The number of rotatable bonds is 6. The fourth-order valence-corrected chi connectivity index (χ4v) is 3.62. The Balaban J connectivity index is 1.47. The number of anilines is 2. The largest absolute Gasteiger partial charge is 0.497 e. The summed E-state index contributed by atoms with van der Waals surface area (Å²) in [7, 11) is 3.16. The molecule has 1 aromatic heterocycles. The zero-order valence-corrected chi connectivity index (χ0v) is 17.2. The number of carbonyl (C=O) groups is 1. The van der Waals surface area contributed by atoms with Crippen LogP contribution in [0.3, 0.4) is 0 Å². The molecule has 2 heterocycles. The van der Waals surface area contributed by atoms with Gasteiger partial charge in [-0.1, -0.05) is 5.16 Å². The van der Waals surface area contributed by atoms with Gasteiger partial charge in [0.2, 0.25) is 0 Å². The first-order valence-electron chi connectivity index (χ1n) is 10.0. The van der Waals surface area contributed by atoms with Crippen LogP contribution in [0.2, 0.25) is 0 Å². The summed E-state index contributed by atoms with van der Waals surface area (Å²) in [5.74, 6) is 1.35. The monoisotopic (exact) mass is 407 g/mol. The Bertz CT molecular complexity index is 1010. The summed E-state index contributed by atoms with van der Waals surface area (Å²) >= 11 is 0. The van der Waals surface area contributed by atoms with E-state index < -0.39 is 0 Å². The van der Waals surface area contributed by atoms with Crippen LogP contribution < -0.4 is 19.7 Å². The molecule has 1 aliphatic rings. The minimum absolute atomic E-state index is 0.190. The molecule has 2 aromatic carbocycles. The number of aromatic nitrogens is 1. The Morgan fingerprint density at radius 2 is 1.77 bits per heavy atom. The second kappa shape index (κ2) is 8.90. The smallest absolute Gasteiger partial charge is 0.277 e. The molecule has 0 spiro atoms. The van der Waals surface area contributed by atoms with Crippen LogP contribution in [0.15, 0.2) is 53.1 Å². The molecule has 0 unspecified atom stereocenters. The van der Waals surface area contributed by atoms with Crippen molar-refractivity contribution < 1.29 is 18.8 Å². The highest BCUT2D eigenvalue weighted by Crippen LogP contribution is 2.34. The summed E-state index contributed by atoms with van der Waals surface area (Å²) in [4.78, 5) is 15.0. The van der Waals surface area contributed by atoms with E-state index in [1.807, 2.05) is 24.3 Å².